The molecule has 1 rings (SSSR count). The van der Waals surface area contributed by atoms with Gasteiger partial charge in [-0.25, -0.2) is 4.39 Å². The lowest BCUT2D eigenvalue weighted by Crippen LogP contribution is -2.18. The Hall–Kier alpha value is -0.640. The number of rotatable bonds is 3. The van der Waals surface area contributed by atoms with E-state index in [0.717, 1.165) is 19.5 Å². The number of halogens is 1. The first-order chi connectivity index (χ1) is 6.59. The van der Waals surface area contributed by atoms with Crippen LogP contribution in [0, 0.1) is 5.92 Å². The van der Waals surface area contributed by atoms with Crippen molar-refractivity contribution in [3.8, 4) is 0 Å². The van der Waals surface area contributed by atoms with Crippen LogP contribution >= 0.6 is 0 Å². The average molecular weight is 203 g/mol. The molecule has 0 aliphatic carbocycles. The molecule has 1 fully saturated rings. The third kappa shape index (κ3) is 3.62. The van der Waals surface area contributed by atoms with Crippen LogP contribution in [-0.2, 0) is 4.79 Å². The Morgan fingerprint density at radius 3 is 2.79 bits per heavy atom. The number of hydrogen-bond acceptors (Lipinski definition) is 2. The number of nitrogens with zero attached hydrogens (tertiary/aromatic N) is 1. The van der Waals surface area contributed by atoms with Gasteiger partial charge in [-0.1, -0.05) is 0 Å². The first kappa shape index (κ1) is 11.4. The van der Waals surface area contributed by atoms with Crippen molar-refractivity contribution >= 4 is 5.97 Å². The van der Waals surface area contributed by atoms with Crippen molar-refractivity contribution < 1.29 is 14.3 Å². The van der Waals surface area contributed by atoms with Gasteiger partial charge in [0.15, 0.2) is 0 Å². The maximum absolute atomic E-state index is 13.5. The first-order valence-corrected chi connectivity index (χ1v) is 5.14. The van der Waals surface area contributed by atoms with Crippen LogP contribution in [0.25, 0.3) is 0 Å². The van der Waals surface area contributed by atoms with E-state index in [2.05, 4.69) is 4.90 Å². The molecule has 14 heavy (non-hydrogen) atoms. The summed E-state index contributed by atoms with van der Waals surface area (Å²) in [6.07, 6.45) is 1.07. The van der Waals surface area contributed by atoms with Gasteiger partial charge in [0, 0.05) is 13.0 Å². The quantitative estimate of drug-likeness (QED) is 0.756. The zero-order valence-electron chi connectivity index (χ0n) is 8.58. The number of carbonyl (C=O) groups is 1. The Balaban J connectivity index is 2.37. The van der Waals surface area contributed by atoms with Crippen molar-refractivity contribution in [2.45, 2.75) is 31.9 Å². The zero-order valence-corrected chi connectivity index (χ0v) is 8.58. The lowest BCUT2D eigenvalue weighted by atomic mass is 9.93. The smallest absolute Gasteiger partial charge is 0.303 e. The van der Waals surface area contributed by atoms with E-state index >= 15 is 0 Å². The summed E-state index contributed by atoms with van der Waals surface area (Å²) in [5.41, 5.74) is 0. The highest BCUT2D eigenvalue weighted by atomic mass is 19.1. The predicted octanol–water partition coefficient (Wildman–Crippen LogP) is 1.53. The molecule has 0 aromatic rings. The van der Waals surface area contributed by atoms with Crippen molar-refractivity contribution in [2.24, 2.45) is 5.92 Å². The van der Waals surface area contributed by atoms with Crippen molar-refractivity contribution in [2.75, 3.05) is 20.1 Å². The van der Waals surface area contributed by atoms with Gasteiger partial charge in [-0.15, -0.1) is 0 Å². The number of aliphatic carboxylic acids is 1. The maximum atomic E-state index is 13.5. The normalized spacial score (nSPS) is 29.9. The lowest BCUT2D eigenvalue weighted by Gasteiger charge is -2.16. The molecule has 0 unspecified atom stereocenters. The summed E-state index contributed by atoms with van der Waals surface area (Å²) in [5.74, 6) is -0.883. The topological polar surface area (TPSA) is 40.5 Å². The highest BCUT2D eigenvalue weighted by Gasteiger charge is 2.25. The molecule has 0 aromatic heterocycles. The molecular weight excluding hydrogens is 185 g/mol. The minimum atomic E-state index is -0.824. The zero-order chi connectivity index (χ0) is 10.6. The summed E-state index contributed by atoms with van der Waals surface area (Å²) < 4.78 is 13.5. The van der Waals surface area contributed by atoms with Crippen LogP contribution in [0.15, 0.2) is 0 Å². The molecule has 4 heteroatoms. The summed E-state index contributed by atoms with van der Waals surface area (Å²) in [6.45, 7) is 1.66. The van der Waals surface area contributed by atoms with Gasteiger partial charge in [0.25, 0.3) is 0 Å². The second kappa shape index (κ2) is 5.29. The molecule has 1 aliphatic heterocycles. The molecule has 0 spiro atoms. The highest BCUT2D eigenvalue weighted by Crippen LogP contribution is 2.24. The summed E-state index contributed by atoms with van der Waals surface area (Å²) in [5, 5.41) is 8.52. The van der Waals surface area contributed by atoms with E-state index < -0.39 is 12.1 Å². The van der Waals surface area contributed by atoms with Crippen molar-refractivity contribution in [3.63, 3.8) is 0 Å². The Morgan fingerprint density at radius 1 is 1.50 bits per heavy atom. The predicted molar refractivity (Wildman–Crippen MR) is 52.0 cm³/mol. The number of carboxylic acids is 1. The summed E-state index contributed by atoms with van der Waals surface area (Å²) in [4.78, 5) is 12.5. The summed E-state index contributed by atoms with van der Waals surface area (Å²) >= 11 is 0. The van der Waals surface area contributed by atoms with Crippen LogP contribution in [0.1, 0.15) is 25.7 Å². The van der Waals surface area contributed by atoms with Crippen LogP contribution in [0.2, 0.25) is 0 Å². The summed E-state index contributed by atoms with van der Waals surface area (Å²) in [7, 11) is 1.98. The van der Waals surface area contributed by atoms with Crippen LogP contribution < -0.4 is 0 Å². The van der Waals surface area contributed by atoms with Crippen LogP contribution in [0.3, 0.4) is 0 Å². The maximum Gasteiger partial charge on any atom is 0.303 e. The fraction of sp³-hybridized carbons (Fsp3) is 0.900. The molecule has 1 N–H and O–H groups in total. The third-order valence-electron chi connectivity index (χ3n) is 2.91. The van der Waals surface area contributed by atoms with E-state index in [1.807, 2.05) is 7.05 Å². The molecule has 1 saturated heterocycles. The third-order valence-corrected chi connectivity index (χ3v) is 2.91. The molecule has 0 radical (unpaired) electrons. The second-order valence-corrected chi connectivity index (χ2v) is 4.09. The number of carboxylic acid groups (broad SMARTS) is 1. The average Bonchev–Trinajstić information content (AvgIpc) is 2.27. The van der Waals surface area contributed by atoms with E-state index in [1.54, 1.807) is 0 Å². The highest BCUT2D eigenvalue weighted by molar-refractivity contribution is 5.66. The molecule has 1 heterocycles. The number of alkyl halides is 1. The monoisotopic (exact) mass is 203 g/mol. The van der Waals surface area contributed by atoms with Gasteiger partial charge in [-0.3, -0.25) is 4.79 Å². The fourth-order valence-corrected chi connectivity index (χ4v) is 1.89. The number of likely N-dealkylation sites (tertiary alicyclic amines) is 1. The second-order valence-electron chi connectivity index (χ2n) is 4.09. The lowest BCUT2D eigenvalue weighted by molar-refractivity contribution is -0.137. The SMILES string of the molecule is CN1CC[C@H](CCC(=O)O)[C@H](F)CC1. The number of hydrogen-bond donors (Lipinski definition) is 1. The van der Waals surface area contributed by atoms with Crippen LogP contribution in [0.5, 0.6) is 0 Å². The Kier molecular flexibility index (Phi) is 4.32. The summed E-state index contributed by atoms with van der Waals surface area (Å²) in [6, 6.07) is 0. The van der Waals surface area contributed by atoms with Crippen molar-refractivity contribution in [1.82, 2.24) is 4.90 Å². The standard InChI is InChI=1S/C10H18FNO2/c1-12-6-4-8(2-3-10(13)14)9(11)5-7-12/h8-9H,2-7H2,1H3,(H,13,14)/t8-,9+/m0/s1. The van der Waals surface area contributed by atoms with Crippen molar-refractivity contribution in [3.05, 3.63) is 0 Å². The Bertz CT molecular complexity index is 199. The molecule has 82 valence electrons. The van der Waals surface area contributed by atoms with Crippen molar-refractivity contribution in [1.29, 1.82) is 0 Å². The molecule has 0 saturated carbocycles. The van der Waals surface area contributed by atoms with Gasteiger partial charge in [0.1, 0.15) is 6.17 Å². The van der Waals surface area contributed by atoms with E-state index in [9.17, 15) is 9.18 Å². The van der Waals surface area contributed by atoms with E-state index in [-0.39, 0.29) is 12.3 Å². The Morgan fingerprint density at radius 2 is 2.14 bits per heavy atom. The fourth-order valence-electron chi connectivity index (χ4n) is 1.89. The van der Waals surface area contributed by atoms with Gasteiger partial charge in [-0.05, 0) is 38.8 Å². The molecular formula is C10H18FNO2. The van der Waals surface area contributed by atoms with E-state index in [4.69, 9.17) is 5.11 Å². The minimum Gasteiger partial charge on any atom is -0.481 e. The van der Waals surface area contributed by atoms with Gasteiger partial charge in [0.2, 0.25) is 0 Å². The Labute approximate surface area is 83.9 Å². The minimum absolute atomic E-state index is 0.0592. The molecule has 2 atom stereocenters. The molecule has 3 nitrogen and oxygen atoms in total. The van der Waals surface area contributed by atoms with Crippen LogP contribution in [-0.4, -0.2) is 42.3 Å². The first-order valence-electron chi connectivity index (χ1n) is 5.14. The van der Waals surface area contributed by atoms with E-state index in [1.165, 1.54) is 0 Å². The molecule has 0 aromatic carbocycles. The van der Waals surface area contributed by atoms with E-state index in [0.29, 0.717) is 12.8 Å². The van der Waals surface area contributed by atoms with Gasteiger partial charge in [0.05, 0.1) is 0 Å². The van der Waals surface area contributed by atoms with Gasteiger partial charge >= 0.3 is 5.97 Å². The largest absolute Gasteiger partial charge is 0.481 e. The molecule has 0 bridgehead atoms. The molecule has 1 aliphatic rings. The van der Waals surface area contributed by atoms with Gasteiger partial charge < -0.3 is 10.0 Å². The van der Waals surface area contributed by atoms with Crippen LogP contribution in [0.4, 0.5) is 4.39 Å². The van der Waals surface area contributed by atoms with Gasteiger partial charge in [-0.2, -0.15) is 0 Å². The molecule has 0 amide bonds.